The summed E-state index contributed by atoms with van der Waals surface area (Å²) in [6.07, 6.45) is 9.40. The van der Waals surface area contributed by atoms with E-state index in [2.05, 4.69) is 26.0 Å². The minimum atomic E-state index is 0.0315. The van der Waals surface area contributed by atoms with Crippen molar-refractivity contribution in [3.8, 4) is 0 Å². The molecular formula is C17H18BrN5O. The van der Waals surface area contributed by atoms with Gasteiger partial charge in [-0.15, -0.1) is 0 Å². The van der Waals surface area contributed by atoms with Gasteiger partial charge in [-0.3, -0.25) is 9.48 Å². The highest BCUT2D eigenvalue weighted by atomic mass is 79.9. The van der Waals surface area contributed by atoms with Crippen LogP contribution >= 0.6 is 15.9 Å². The average molecular weight is 388 g/mol. The Morgan fingerprint density at radius 2 is 2.12 bits per heavy atom. The number of aromatic nitrogens is 4. The summed E-state index contributed by atoms with van der Waals surface area (Å²) >= 11 is 3.42. The number of amides is 1. The topological polar surface area (TPSA) is 55.4 Å². The summed E-state index contributed by atoms with van der Waals surface area (Å²) in [5.74, 6) is 0.587. The fourth-order valence-electron chi connectivity index (χ4n) is 3.28. The first-order valence-electron chi connectivity index (χ1n) is 8.09. The Balaban J connectivity index is 1.41. The van der Waals surface area contributed by atoms with Gasteiger partial charge in [-0.2, -0.15) is 5.10 Å². The number of halogens is 1. The number of fused-ring (bicyclic) bond motifs is 1. The minimum Gasteiger partial charge on any atom is -0.337 e. The zero-order valence-electron chi connectivity index (χ0n) is 13.2. The fourth-order valence-corrected chi connectivity index (χ4v) is 3.61. The fraction of sp³-hybridized carbons (Fsp3) is 0.353. The molecule has 0 spiro atoms. The number of hydrogen-bond donors (Lipinski definition) is 0. The largest absolute Gasteiger partial charge is 0.337 e. The highest BCUT2D eigenvalue weighted by Gasteiger charge is 2.26. The molecule has 1 fully saturated rings. The van der Waals surface area contributed by atoms with Crippen LogP contribution in [-0.4, -0.2) is 43.1 Å². The van der Waals surface area contributed by atoms with Crippen LogP contribution in [0, 0.1) is 5.92 Å². The predicted octanol–water partition coefficient (Wildman–Crippen LogP) is 2.85. The summed E-state index contributed by atoms with van der Waals surface area (Å²) < 4.78 is 4.85. The van der Waals surface area contributed by atoms with Crippen molar-refractivity contribution in [2.75, 3.05) is 13.1 Å². The van der Waals surface area contributed by atoms with Crippen molar-refractivity contribution in [3.63, 3.8) is 0 Å². The van der Waals surface area contributed by atoms with Gasteiger partial charge in [0.1, 0.15) is 6.33 Å². The Bertz CT molecular complexity index is 863. The zero-order chi connectivity index (χ0) is 16.5. The van der Waals surface area contributed by atoms with Crippen molar-refractivity contribution in [1.29, 1.82) is 0 Å². The van der Waals surface area contributed by atoms with Crippen LogP contribution in [0.25, 0.3) is 5.52 Å². The van der Waals surface area contributed by atoms with Crippen molar-refractivity contribution < 1.29 is 4.79 Å². The highest BCUT2D eigenvalue weighted by Crippen LogP contribution is 2.22. The number of hydrogen-bond acceptors (Lipinski definition) is 3. The average Bonchev–Trinajstić information content (AvgIpc) is 3.21. The van der Waals surface area contributed by atoms with Crippen LogP contribution in [0.2, 0.25) is 0 Å². The third kappa shape index (κ3) is 2.96. The second-order valence-electron chi connectivity index (χ2n) is 6.20. The number of imidazole rings is 1. The summed E-state index contributed by atoms with van der Waals surface area (Å²) in [6, 6.07) is 5.80. The third-order valence-electron chi connectivity index (χ3n) is 4.60. The van der Waals surface area contributed by atoms with Crippen LogP contribution in [0.4, 0.5) is 0 Å². The molecule has 0 radical (unpaired) electrons. The van der Waals surface area contributed by atoms with Gasteiger partial charge in [-0.1, -0.05) is 6.07 Å². The van der Waals surface area contributed by atoms with Crippen molar-refractivity contribution in [3.05, 3.63) is 53.3 Å². The third-order valence-corrected chi connectivity index (χ3v) is 5.00. The monoisotopic (exact) mass is 387 g/mol. The summed E-state index contributed by atoms with van der Waals surface area (Å²) in [4.78, 5) is 19.0. The Morgan fingerprint density at radius 3 is 2.88 bits per heavy atom. The molecule has 124 valence electrons. The molecule has 1 amide bonds. The lowest BCUT2D eigenvalue weighted by Gasteiger charge is -2.31. The standard InChI is InChI=1S/C17H18BrN5O/c18-14-9-20-23(11-14)10-13-4-7-21(8-5-13)17(24)16-15-3-1-2-6-22(15)12-19-16/h1-3,6,9,11-13H,4-5,7-8,10H2. The number of likely N-dealkylation sites (tertiary alicyclic amines) is 1. The van der Waals surface area contributed by atoms with Gasteiger partial charge in [-0.25, -0.2) is 4.98 Å². The van der Waals surface area contributed by atoms with Crippen molar-refractivity contribution in [2.45, 2.75) is 19.4 Å². The van der Waals surface area contributed by atoms with Gasteiger partial charge in [0.2, 0.25) is 0 Å². The van der Waals surface area contributed by atoms with Crippen LogP contribution in [-0.2, 0) is 6.54 Å². The van der Waals surface area contributed by atoms with Gasteiger partial charge in [0.25, 0.3) is 5.91 Å². The molecule has 0 aliphatic carbocycles. The van der Waals surface area contributed by atoms with E-state index < -0.39 is 0 Å². The van der Waals surface area contributed by atoms with Gasteiger partial charge in [0.15, 0.2) is 5.69 Å². The maximum absolute atomic E-state index is 12.8. The molecule has 4 heterocycles. The summed E-state index contributed by atoms with van der Waals surface area (Å²) in [7, 11) is 0. The number of rotatable bonds is 3. The van der Waals surface area contributed by atoms with Crippen LogP contribution < -0.4 is 0 Å². The van der Waals surface area contributed by atoms with Crippen LogP contribution in [0.15, 0.2) is 47.6 Å². The van der Waals surface area contributed by atoms with E-state index in [9.17, 15) is 4.79 Å². The molecular weight excluding hydrogens is 370 g/mol. The first-order chi connectivity index (χ1) is 11.7. The van der Waals surface area contributed by atoms with E-state index >= 15 is 0 Å². The van der Waals surface area contributed by atoms with E-state index in [1.165, 1.54) is 0 Å². The van der Waals surface area contributed by atoms with E-state index in [-0.39, 0.29) is 5.91 Å². The van der Waals surface area contributed by atoms with E-state index in [0.29, 0.717) is 11.6 Å². The molecule has 0 N–H and O–H groups in total. The highest BCUT2D eigenvalue weighted by molar-refractivity contribution is 9.10. The Labute approximate surface area is 148 Å². The number of carbonyl (C=O) groups is 1. The Kier molecular flexibility index (Phi) is 4.10. The SMILES string of the molecule is O=C(c1ncn2ccccc12)N1CCC(Cn2cc(Br)cn2)CC1. The quantitative estimate of drug-likeness (QED) is 0.694. The molecule has 0 saturated carbocycles. The first-order valence-corrected chi connectivity index (χ1v) is 8.89. The Hall–Kier alpha value is -2.15. The molecule has 1 aliphatic rings. The predicted molar refractivity (Wildman–Crippen MR) is 93.7 cm³/mol. The number of pyridine rings is 1. The second-order valence-corrected chi connectivity index (χ2v) is 7.12. The molecule has 0 bridgehead atoms. The van der Waals surface area contributed by atoms with Gasteiger partial charge in [0.05, 0.1) is 16.2 Å². The normalized spacial score (nSPS) is 16.0. The maximum atomic E-state index is 12.8. The van der Waals surface area contributed by atoms with E-state index in [4.69, 9.17) is 0 Å². The van der Waals surface area contributed by atoms with E-state index in [0.717, 1.165) is 42.5 Å². The van der Waals surface area contributed by atoms with Gasteiger partial charge in [-0.05, 0) is 46.8 Å². The summed E-state index contributed by atoms with van der Waals surface area (Å²) in [5, 5.41) is 4.32. The molecule has 0 atom stereocenters. The van der Waals surface area contributed by atoms with Crippen LogP contribution in [0.1, 0.15) is 23.3 Å². The Morgan fingerprint density at radius 1 is 1.29 bits per heavy atom. The molecule has 1 aliphatic heterocycles. The van der Waals surface area contributed by atoms with E-state index in [1.54, 1.807) is 6.33 Å². The molecule has 24 heavy (non-hydrogen) atoms. The first kappa shape index (κ1) is 15.4. The lowest BCUT2D eigenvalue weighted by Crippen LogP contribution is -2.39. The van der Waals surface area contributed by atoms with Crippen molar-refractivity contribution >= 4 is 27.4 Å². The van der Waals surface area contributed by atoms with Crippen LogP contribution in [0.5, 0.6) is 0 Å². The van der Waals surface area contributed by atoms with Crippen LogP contribution in [0.3, 0.4) is 0 Å². The molecule has 0 unspecified atom stereocenters. The molecule has 7 heteroatoms. The number of nitrogens with zero attached hydrogens (tertiary/aromatic N) is 5. The maximum Gasteiger partial charge on any atom is 0.274 e. The van der Waals surface area contributed by atoms with Gasteiger partial charge >= 0.3 is 0 Å². The van der Waals surface area contributed by atoms with Crippen molar-refractivity contribution in [2.24, 2.45) is 5.92 Å². The molecule has 0 aromatic carbocycles. The van der Waals surface area contributed by atoms with Gasteiger partial charge < -0.3 is 9.30 Å². The summed E-state index contributed by atoms with van der Waals surface area (Å²) in [5.41, 5.74) is 1.41. The van der Waals surface area contributed by atoms with Crippen molar-refractivity contribution in [1.82, 2.24) is 24.1 Å². The smallest absolute Gasteiger partial charge is 0.274 e. The molecule has 3 aromatic heterocycles. The molecule has 1 saturated heterocycles. The zero-order valence-corrected chi connectivity index (χ0v) is 14.8. The number of carbonyl (C=O) groups excluding carboxylic acids is 1. The minimum absolute atomic E-state index is 0.0315. The lowest BCUT2D eigenvalue weighted by molar-refractivity contribution is 0.0678. The summed E-state index contributed by atoms with van der Waals surface area (Å²) in [6.45, 7) is 2.45. The number of piperidine rings is 1. The van der Waals surface area contributed by atoms with Gasteiger partial charge in [0, 0.05) is 32.0 Å². The second kappa shape index (κ2) is 6.39. The molecule has 3 aromatic rings. The lowest BCUT2D eigenvalue weighted by atomic mass is 9.96. The van der Waals surface area contributed by atoms with E-state index in [1.807, 2.05) is 50.8 Å². The molecule has 6 nitrogen and oxygen atoms in total. The molecule has 4 rings (SSSR count).